The molecule has 6 heteroatoms. The highest BCUT2D eigenvalue weighted by atomic mass is 32.1. The van der Waals surface area contributed by atoms with E-state index in [0.717, 1.165) is 4.88 Å². The molecule has 0 fully saturated rings. The van der Waals surface area contributed by atoms with Gasteiger partial charge in [-0.05, 0) is 42.6 Å². The van der Waals surface area contributed by atoms with Crippen LogP contribution in [0.5, 0.6) is 5.75 Å². The third-order valence-corrected chi connectivity index (χ3v) is 4.92. The van der Waals surface area contributed by atoms with Gasteiger partial charge in [-0.25, -0.2) is 0 Å². The molecule has 0 aliphatic heterocycles. The van der Waals surface area contributed by atoms with Crippen LogP contribution in [-0.2, 0) is 4.79 Å². The molecule has 5 nitrogen and oxygen atoms in total. The standard InChI is InChI=1S/C21H20N2O3S/c1-15(19-12-7-13-27-19)22-20(24)14-26-18-11-6-5-10-17(18)21(25)23-16-8-3-2-4-9-16/h2-13,15H,14H2,1H3,(H,22,24)(H,23,25). The highest BCUT2D eigenvalue weighted by Crippen LogP contribution is 2.20. The summed E-state index contributed by atoms with van der Waals surface area (Å²) in [6, 6.07) is 19.9. The van der Waals surface area contributed by atoms with E-state index in [-0.39, 0.29) is 24.5 Å². The van der Waals surface area contributed by atoms with Gasteiger partial charge in [-0.3, -0.25) is 9.59 Å². The van der Waals surface area contributed by atoms with Gasteiger partial charge >= 0.3 is 0 Å². The number of rotatable bonds is 7. The van der Waals surface area contributed by atoms with E-state index >= 15 is 0 Å². The van der Waals surface area contributed by atoms with Gasteiger partial charge in [-0.15, -0.1) is 11.3 Å². The summed E-state index contributed by atoms with van der Waals surface area (Å²) in [5.41, 5.74) is 1.07. The molecule has 27 heavy (non-hydrogen) atoms. The van der Waals surface area contributed by atoms with Crippen LogP contribution >= 0.6 is 11.3 Å². The minimum Gasteiger partial charge on any atom is -0.483 e. The van der Waals surface area contributed by atoms with Gasteiger partial charge < -0.3 is 15.4 Å². The molecule has 3 aromatic rings. The summed E-state index contributed by atoms with van der Waals surface area (Å²) in [5, 5.41) is 7.67. The van der Waals surface area contributed by atoms with Crippen LogP contribution in [0.15, 0.2) is 72.1 Å². The highest BCUT2D eigenvalue weighted by molar-refractivity contribution is 7.10. The van der Waals surface area contributed by atoms with Crippen LogP contribution in [0.3, 0.4) is 0 Å². The number of thiophene rings is 1. The highest BCUT2D eigenvalue weighted by Gasteiger charge is 2.15. The van der Waals surface area contributed by atoms with E-state index in [0.29, 0.717) is 17.0 Å². The third-order valence-electron chi connectivity index (χ3n) is 3.87. The van der Waals surface area contributed by atoms with Crippen LogP contribution in [0.1, 0.15) is 28.2 Å². The Bertz CT molecular complexity index is 895. The molecule has 0 radical (unpaired) electrons. The van der Waals surface area contributed by atoms with Gasteiger partial charge in [0.1, 0.15) is 5.75 Å². The van der Waals surface area contributed by atoms with Crippen LogP contribution in [0, 0.1) is 0 Å². The summed E-state index contributed by atoms with van der Waals surface area (Å²) in [5.74, 6) is -0.164. The molecule has 2 aromatic carbocycles. The second-order valence-corrected chi connectivity index (χ2v) is 6.89. The first-order chi connectivity index (χ1) is 13.1. The summed E-state index contributed by atoms with van der Waals surface area (Å²) in [7, 11) is 0. The van der Waals surface area contributed by atoms with E-state index < -0.39 is 0 Å². The van der Waals surface area contributed by atoms with Gasteiger partial charge in [-0.2, -0.15) is 0 Å². The topological polar surface area (TPSA) is 67.4 Å². The Hall–Kier alpha value is -3.12. The lowest BCUT2D eigenvalue weighted by atomic mass is 10.2. The lowest BCUT2D eigenvalue weighted by molar-refractivity contribution is -0.123. The van der Waals surface area contributed by atoms with Crippen molar-refractivity contribution in [3.05, 3.63) is 82.6 Å². The number of carbonyl (C=O) groups is 2. The van der Waals surface area contributed by atoms with E-state index in [1.807, 2.05) is 42.6 Å². The number of hydrogen-bond donors (Lipinski definition) is 2. The SMILES string of the molecule is CC(NC(=O)COc1ccccc1C(=O)Nc1ccccc1)c1cccs1. The van der Waals surface area contributed by atoms with Crippen LogP contribution < -0.4 is 15.4 Å². The number of amides is 2. The number of benzene rings is 2. The fourth-order valence-corrected chi connectivity index (χ4v) is 3.27. The predicted octanol–water partition coefficient (Wildman–Crippen LogP) is 4.26. The Labute approximate surface area is 162 Å². The average molecular weight is 380 g/mol. The van der Waals surface area contributed by atoms with Gasteiger partial charge in [0.15, 0.2) is 6.61 Å². The molecule has 1 atom stereocenters. The zero-order valence-corrected chi connectivity index (χ0v) is 15.7. The first-order valence-corrected chi connectivity index (χ1v) is 9.42. The Morgan fingerprint density at radius 2 is 1.74 bits per heavy atom. The van der Waals surface area contributed by atoms with Crippen molar-refractivity contribution >= 4 is 28.8 Å². The van der Waals surface area contributed by atoms with Crippen molar-refractivity contribution in [2.45, 2.75) is 13.0 Å². The van der Waals surface area contributed by atoms with Crippen LogP contribution in [0.4, 0.5) is 5.69 Å². The van der Waals surface area contributed by atoms with Gasteiger partial charge in [0.25, 0.3) is 11.8 Å². The molecular weight excluding hydrogens is 360 g/mol. The summed E-state index contributed by atoms with van der Waals surface area (Å²) < 4.78 is 5.61. The fraction of sp³-hybridized carbons (Fsp3) is 0.143. The minimum atomic E-state index is -0.288. The Kier molecular flexibility index (Phi) is 6.22. The largest absolute Gasteiger partial charge is 0.483 e. The molecule has 0 spiro atoms. The molecular formula is C21H20N2O3S. The quantitative estimate of drug-likeness (QED) is 0.644. The maximum Gasteiger partial charge on any atom is 0.259 e. The zero-order chi connectivity index (χ0) is 19.1. The van der Waals surface area contributed by atoms with Crippen molar-refractivity contribution in [3.8, 4) is 5.75 Å². The zero-order valence-electron chi connectivity index (χ0n) is 14.8. The third kappa shape index (κ3) is 5.18. The maximum atomic E-state index is 12.5. The molecule has 0 saturated carbocycles. The average Bonchev–Trinajstić information content (AvgIpc) is 3.22. The van der Waals surface area contributed by atoms with Crippen molar-refractivity contribution in [3.63, 3.8) is 0 Å². The lowest BCUT2D eigenvalue weighted by Gasteiger charge is -2.14. The Morgan fingerprint density at radius 3 is 2.48 bits per heavy atom. The minimum absolute atomic E-state index is 0.0854. The fourth-order valence-electron chi connectivity index (χ4n) is 2.54. The maximum absolute atomic E-state index is 12.5. The molecule has 138 valence electrons. The second-order valence-electron chi connectivity index (χ2n) is 5.91. The van der Waals surface area contributed by atoms with E-state index in [2.05, 4.69) is 10.6 Å². The van der Waals surface area contributed by atoms with Crippen LogP contribution in [0.2, 0.25) is 0 Å². The lowest BCUT2D eigenvalue weighted by Crippen LogP contribution is -2.31. The Balaban J connectivity index is 1.60. The molecule has 2 amide bonds. The summed E-state index contributed by atoms with van der Waals surface area (Å²) >= 11 is 1.59. The number of hydrogen-bond acceptors (Lipinski definition) is 4. The van der Waals surface area contributed by atoms with Crippen molar-refractivity contribution in [2.24, 2.45) is 0 Å². The van der Waals surface area contributed by atoms with Crippen molar-refractivity contribution in [2.75, 3.05) is 11.9 Å². The van der Waals surface area contributed by atoms with E-state index in [1.165, 1.54) is 0 Å². The first kappa shape index (κ1) is 18.7. The number of ether oxygens (including phenoxy) is 1. The van der Waals surface area contributed by atoms with E-state index in [9.17, 15) is 9.59 Å². The number of para-hydroxylation sites is 2. The predicted molar refractivity (Wildman–Crippen MR) is 107 cm³/mol. The Morgan fingerprint density at radius 1 is 1.00 bits per heavy atom. The summed E-state index contributed by atoms with van der Waals surface area (Å²) in [6.45, 7) is 1.76. The first-order valence-electron chi connectivity index (χ1n) is 8.54. The van der Waals surface area contributed by atoms with Gasteiger partial charge in [0, 0.05) is 10.6 Å². The van der Waals surface area contributed by atoms with E-state index in [4.69, 9.17) is 4.74 Å². The molecule has 0 aliphatic carbocycles. The molecule has 2 N–H and O–H groups in total. The number of anilines is 1. The summed E-state index contributed by atoms with van der Waals surface area (Å²) in [6.07, 6.45) is 0. The van der Waals surface area contributed by atoms with Crippen molar-refractivity contribution in [1.29, 1.82) is 0 Å². The second kappa shape index (κ2) is 9.00. The number of carbonyl (C=O) groups excluding carboxylic acids is 2. The van der Waals surface area contributed by atoms with Crippen LogP contribution in [0.25, 0.3) is 0 Å². The normalized spacial score (nSPS) is 11.4. The summed E-state index contributed by atoms with van der Waals surface area (Å²) in [4.78, 5) is 25.8. The molecule has 0 bridgehead atoms. The molecule has 0 aliphatic rings. The monoisotopic (exact) mass is 380 g/mol. The van der Waals surface area contributed by atoms with Crippen molar-refractivity contribution < 1.29 is 14.3 Å². The van der Waals surface area contributed by atoms with Crippen molar-refractivity contribution in [1.82, 2.24) is 5.32 Å². The molecule has 3 rings (SSSR count). The smallest absolute Gasteiger partial charge is 0.259 e. The van der Waals surface area contributed by atoms with Gasteiger partial charge in [0.05, 0.1) is 11.6 Å². The molecule has 0 saturated heterocycles. The molecule has 1 unspecified atom stereocenters. The number of nitrogens with one attached hydrogen (secondary N) is 2. The van der Waals surface area contributed by atoms with Crippen LogP contribution in [-0.4, -0.2) is 18.4 Å². The molecule has 1 aromatic heterocycles. The molecule has 1 heterocycles. The van der Waals surface area contributed by atoms with Gasteiger partial charge in [-0.1, -0.05) is 36.4 Å². The van der Waals surface area contributed by atoms with E-state index in [1.54, 1.807) is 47.7 Å². The van der Waals surface area contributed by atoms with Gasteiger partial charge in [0.2, 0.25) is 0 Å².